The predicted octanol–water partition coefficient (Wildman–Crippen LogP) is 2.04. The molecule has 1 aliphatic rings. The summed E-state index contributed by atoms with van der Waals surface area (Å²) in [5.41, 5.74) is 7.57. The number of carbonyl (C=O) groups excluding carboxylic acids is 1. The molecule has 1 aliphatic heterocycles. The minimum Gasteiger partial charge on any atom is -0.342 e. The van der Waals surface area contributed by atoms with Gasteiger partial charge in [0.15, 0.2) is 0 Å². The second-order valence-electron chi connectivity index (χ2n) is 5.36. The van der Waals surface area contributed by atoms with E-state index < -0.39 is 0 Å². The topological polar surface area (TPSA) is 46.3 Å². The van der Waals surface area contributed by atoms with E-state index in [2.05, 4.69) is 0 Å². The Labute approximate surface area is 113 Å². The van der Waals surface area contributed by atoms with Crippen molar-refractivity contribution in [1.29, 1.82) is 0 Å². The predicted molar refractivity (Wildman–Crippen MR) is 73.3 cm³/mol. The molecule has 104 valence electrons. The molecule has 2 rings (SSSR count). The Bertz CT molecular complexity index is 475. The van der Waals surface area contributed by atoms with Gasteiger partial charge in [0, 0.05) is 25.9 Å². The van der Waals surface area contributed by atoms with Gasteiger partial charge in [-0.3, -0.25) is 4.79 Å². The SMILES string of the molecule is CC(=O)N1CCC(CN)C(c2ccc(F)c(C)c2)C1. The maximum atomic E-state index is 13.4. The molecule has 0 aromatic heterocycles. The van der Waals surface area contributed by atoms with Gasteiger partial charge in [-0.1, -0.05) is 12.1 Å². The maximum Gasteiger partial charge on any atom is 0.219 e. The Balaban J connectivity index is 2.26. The Morgan fingerprint density at radius 2 is 2.26 bits per heavy atom. The average molecular weight is 264 g/mol. The molecule has 2 atom stereocenters. The highest BCUT2D eigenvalue weighted by Crippen LogP contribution is 2.32. The van der Waals surface area contributed by atoms with Crippen LogP contribution in [0.15, 0.2) is 18.2 Å². The number of carbonyl (C=O) groups is 1. The van der Waals surface area contributed by atoms with Crippen molar-refractivity contribution < 1.29 is 9.18 Å². The van der Waals surface area contributed by atoms with E-state index in [1.807, 2.05) is 17.0 Å². The van der Waals surface area contributed by atoms with Crippen LogP contribution in [0.3, 0.4) is 0 Å². The summed E-state index contributed by atoms with van der Waals surface area (Å²) in [7, 11) is 0. The molecular weight excluding hydrogens is 243 g/mol. The van der Waals surface area contributed by atoms with Gasteiger partial charge in [-0.25, -0.2) is 4.39 Å². The molecule has 0 radical (unpaired) electrons. The fourth-order valence-corrected chi connectivity index (χ4v) is 2.84. The van der Waals surface area contributed by atoms with Crippen LogP contribution in [0.4, 0.5) is 4.39 Å². The number of nitrogens with zero attached hydrogens (tertiary/aromatic N) is 1. The molecule has 2 N–H and O–H groups in total. The van der Waals surface area contributed by atoms with E-state index in [4.69, 9.17) is 5.73 Å². The van der Waals surface area contributed by atoms with Crippen molar-refractivity contribution in [2.75, 3.05) is 19.6 Å². The summed E-state index contributed by atoms with van der Waals surface area (Å²) in [6, 6.07) is 5.20. The normalized spacial score (nSPS) is 23.5. The Kier molecular flexibility index (Phi) is 4.20. The number of rotatable bonds is 2. The highest BCUT2D eigenvalue weighted by molar-refractivity contribution is 5.73. The zero-order valence-electron chi connectivity index (χ0n) is 11.5. The number of aryl methyl sites for hydroxylation is 1. The molecule has 1 amide bonds. The highest BCUT2D eigenvalue weighted by Gasteiger charge is 2.30. The zero-order chi connectivity index (χ0) is 14.0. The Morgan fingerprint density at radius 1 is 1.53 bits per heavy atom. The molecule has 0 spiro atoms. The fourth-order valence-electron chi connectivity index (χ4n) is 2.84. The summed E-state index contributed by atoms with van der Waals surface area (Å²) in [5.74, 6) is 0.481. The lowest BCUT2D eigenvalue weighted by molar-refractivity contribution is -0.130. The van der Waals surface area contributed by atoms with Gasteiger partial charge in [0.05, 0.1) is 0 Å². The molecule has 0 aliphatic carbocycles. The minimum atomic E-state index is -0.188. The third kappa shape index (κ3) is 2.95. The molecule has 1 saturated heterocycles. The molecular formula is C15H21FN2O. The van der Waals surface area contributed by atoms with Crippen LogP contribution in [0.1, 0.15) is 30.4 Å². The van der Waals surface area contributed by atoms with Crippen LogP contribution in [-0.4, -0.2) is 30.4 Å². The van der Waals surface area contributed by atoms with Crippen LogP contribution >= 0.6 is 0 Å². The van der Waals surface area contributed by atoms with Crippen molar-refractivity contribution in [2.45, 2.75) is 26.2 Å². The molecule has 3 nitrogen and oxygen atoms in total. The van der Waals surface area contributed by atoms with Gasteiger partial charge >= 0.3 is 0 Å². The van der Waals surface area contributed by atoms with Crippen LogP contribution in [0.5, 0.6) is 0 Å². The first-order valence-corrected chi connectivity index (χ1v) is 6.74. The van der Waals surface area contributed by atoms with E-state index in [1.165, 1.54) is 6.07 Å². The van der Waals surface area contributed by atoms with Gasteiger partial charge in [-0.2, -0.15) is 0 Å². The van der Waals surface area contributed by atoms with Crippen molar-refractivity contribution in [3.05, 3.63) is 35.1 Å². The maximum absolute atomic E-state index is 13.4. The van der Waals surface area contributed by atoms with Gasteiger partial charge in [0.2, 0.25) is 5.91 Å². The van der Waals surface area contributed by atoms with E-state index in [9.17, 15) is 9.18 Å². The van der Waals surface area contributed by atoms with Crippen LogP contribution in [-0.2, 0) is 4.79 Å². The van der Waals surface area contributed by atoms with Crippen molar-refractivity contribution >= 4 is 5.91 Å². The number of amides is 1. The number of hydrogen-bond acceptors (Lipinski definition) is 2. The van der Waals surface area contributed by atoms with Gasteiger partial charge in [-0.15, -0.1) is 0 Å². The van der Waals surface area contributed by atoms with E-state index in [1.54, 1.807) is 13.8 Å². The van der Waals surface area contributed by atoms with Crippen LogP contribution in [0.2, 0.25) is 0 Å². The van der Waals surface area contributed by atoms with Crippen molar-refractivity contribution in [2.24, 2.45) is 11.7 Å². The van der Waals surface area contributed by atoms with Crippen molar-refractivity contribution in [3.63, 3.8) is 0 Å². The smallest absolute Gasteiger partial charge is 0.219 e. The second kappa shape index (κ2) is 5.70. The molecule has 19 heavy (non-hydrogen) atoms. The summed E-state index contributed by atoms with van der Waals surface area (Å²) in [4.78, 5) is 13.4. The number of benzene rings is 1. The molecule has 1 fully saturated rings. The summed E-state index contributed by atoms with van der Waals surface area (Å²) >= 11 is 0. The number of nitrogens with two attached hydrogens (primary N) is 1. The van der Waals surface area contributed by atoms with Gasteiger partial charge in [0.25, 0.3) is 0 Å². The Hall–Kier alpha value is -1.42. The summed E-state index contributed by atoms with van der Waals surface area (Å²) in [6.45, 7) is 5.42. The van der Waals surface area contributed by atoms with E-state index >= 15 is 0 Å². The molecule has 1 aromatic rings. The molecule has 0 saturated carbocycles. The lowest BCUT2D eigenvalue weighted by atomic mass is 9.80. The quantitative estimate of drug-likeness (QED) is 0.888. The first-order valence-electron chi connectivity index (χ1n) is 6.74. The molecule has 4 heteroatoms. The second-order valence-corrected chi connectivity index (χ2v) is 5.36. The molecule has 2 unspecified atom stereocenters. The summed E-state index contributed by atoms with van der Waals surface area (Å²) in [5, 5.41) is 0. The number of halogens is 1. The third-order valence-corrected chi connectivity index (χ3v) is 4.11. The number of hydrogen-bond donors (Lipinski definition) is 1. The van der Waals surface area contributed by atoms with Crippen LogP contribution in [0.25, 0.3) is 0 Å². The standard InChI is InChI=1S/C15H21FN2O/c1-10-7-12(3-4-15(10)16)14-9-18(11(2)19)6-5-13(14)8-17/h3-4,7,13-14H,5-6,8-9,17H2,1-2H3. The van der Waals surface area contributed by atoms with E-state index in [0.29, 0.717) is 24.6 Å². The number of likely N-dealkylation sites (tertiary alicyclic amines) is 1. The molecule has 1 aromatic carbocycles. The van der Waals surface area contributed by atoms with Gasteiger partial charge in [0.1, 0.15) is 5.82 Å². The first kappa shape index (κ1) is 14.0. The first-order chi connectivity index (χ1) is 9.02. The zero-order valence-corrected chi connectivity index (χ0v) is 11.5. The molecule has 0 bridgehead atoms. The monoisotopic (exact) mass is 264 g/mol. The summed E-state index contributed by atoms with van der Waals surface area (Å²) < 4.78 is 13.4. The van der Waals surface area contributed by atoms with E-state index in [-0.39, 0.29) is 17.6 Å². The molecule has 1 heterocycles. The van der Waals surface area contributed by atoms with Crippen LogP contribution in [0, 0.1) is 18.7 Å². The lowest BCUT2D eigenvalue weighted by Crippen LogP contribution is -2.43. The highest BCUT2D eigenvalue weighted by atomic mass is 19.1. The minimum absolute atomic E-state index is 0.0966. The van der Waals surface area contributed by atoms with Crippen molar-refractivity contribution in [1.82, 2.24) is 4.90 Å². The largest absolute Gasteiger partial charge is 0.342 e. The third-order valence-electron chi connectivity index (χ3n) is 4.11. The number of piperidine rings is 1. The Morgan fingerprint density at radius 3 is 2.84 bits per heavy atom. The fraction of sp³-hybridized carbons (Fsp3) is 0.533. The van der Waals surface area contributed by atoms with Gasteiger partial charge in [-0.05, 0) is 43.0 Å². The van der Waals surface area contributed by atoms with Crippen LogP contribution < -0.4 is 5.73 Å². The van der Waals surface area contributed by atoms with Gasteiger partial charge < -0.3 is 10.6 Å². The summed E-state index contributed by atoms with van der Waals surface area (Å²) in [6.07, 6.45) is 0.914. The van der Waals surface area contributed by atoms with E-state index in [0.717, 1.165) is 18.5 Å². The van der Waals surface area contributed by atoms with Crippen molar-refractivity contribution in [3.8, 4) is 0 Å². The lowest BCUT2D eigenvalue weighted by Gasteiger charge is -2.38. The average Bonchev–Trinajstić information content (AvgIpc) is 2.41.